The van der Waals surface area contributed by atoms with Gasteiger partial charge in [-0.2, -0.15) is 0 Å². The lowest BCUT2D eigenvalue weighted by Gasteiger charge is -2.20. The van der Waals surface area contributed by atoms with Gasteiger partial charge in [-0.05, 0) is 19.1 Å². The van der Waals surface area contributed by atoms with Crippen molar-refractivity contribution in [3.8, 4) is 0 Å². The maximum Gasteiger partial charge on any atom is 0.0960 e. The minimum Gasteiger partial charge on any atom is -0.394 e. The highest BCUT2D eigenvalue weighted by atomic mass is 32.2. The fraction of sp³-hybridized carbons (Fsp3) is 0.444. The van der Waals surface area contributed by atoms with E-state index >= 15 is 0 Å². The molecule has 0 aromatic carbocycles. The molecule has 3 nitrogen and oxygen atoms in total. The maximum absolute atomic E-state index is 8.91. The summed E-state index contributed by atoms with van der Waals surface area (Å²) in [5.74, 6) is 0.667. The summed E-state index contributed by atoms with van der Waals surface area (Å²) in [6.07, 6.45) is 1.75. The zero-order valence-electron chi connectivity index (χ0n) is 7.60. The number of thioether (sulfide) groups is 1. The largest absolute Gasteiger partial charge is 0.394 e. The molecular formula is C9H14N2OS. The van der Waals surface area contributed by atoms with E-state index in [0.29, 0.717) is 5.75 Å². The predicted molar refractivity (Wildman–Crippen MR) is 54.6 cm³/mol. The van der Waals surface area contributed by atoms with Crippen LogP contribution in [0, 0.1) is 0 Å². The molecule has 0 bridgehead atoms. The molecule has 0 aliphatic heterocycles. The molecule has 0 spiro atoms. The lowest BCUT2D eigenvalue weighted by atomic mass is 10.1. The van der Waals surface area contributed by atoms with Crippen LogP contribution in [-0.2, 0) is 0 Å². The monoisotopic (exact) mass is 198 g/mol. The molecule has 13 heavy (non-hydrogen) atoms. The van der Waals surface area contributed by atoms with Gasteiger partial charge in [0.15, 0.2) is 0 Å². The first kappa shape index (κ1) is 10.5. The Kier molecular flexibility index (Phi) is 3.71. The Labute approximate surface area is 82.4 Å². The van der Waals surface area contributed by atoms with E-state index < -0.39 is 5.54 Å². The van der Waals surface area contributed by atoms with E-state index in [2.05, 4.69) is 4.98 Å². The highest BCUT2D eigenvalue weighted by Gasteiger charge is 2.17. The summed E-state index contributed by atoms with van der Waals surface area (Å²) in [4.78, 5) is 4.14. The Morgan fingerprint density at radius 2 is 2.38 bits per heavy atom. The molecule has 1 rings (SSSR count). The molecule has 0 fully saturated rings. The highest BCUT2D eigenvalue weighted by Crippen LogP contribution is 2.18. The van der Waals surface area contributed by atoms with Crippen LogP contribution in [-0.4, -0.2) is 28.0 Å². The molecule has 0 saturated carbocycles. The van der Waals surface area contributed by atoms with Gasteiger partial charge in [0.05, 0.1) is 11.6 Å². The number of hydrogen-bond donors (Lipinski definition) is 2. The van der Waals surface area contributed by atoms with Gasteiger partial charge < -0.3 is 10.8 Å². The van der Waals surface area contributed by atoms with E-state index in [1.54, 1.807) is 18.0 Å². The molecule has 0 amide bonds. The van der Waals surface area contributed by atoms with Gasteiger partial charge in [0.1, 0.15) is 0 Å². The Balaban J connectivity index is 2.44. The van der Waals surface area contributed by atoms with Crippen LogP contribution in [0.15, 0.2) is 29.4 Å². The van der Waals surface area contributed by atoms with Gasteiger partial charge in [-0.1, -0.05) is 6.07 Å². The first-order valence-electron chi connectivity index (χ1n) is 4.08. The number of nitrogens with zero attached hydrogens (tertiary/aromatic N) is 1. The van der Waals surface area contributed by atoms with Crippen LogP contribution in [0.2, 0.25) is 0 Å². The first-order valence-corrected chi connectivity index (χ1v) is 5.06. The number of rotatable bonds is 4. The highest BCUT2D eigenvalue weighted by molar-refractivity contribution is 7.99. The average molecular weight is 198 g/mol. The van der Waals surface area contributed by atoms with E-state index in [1.165, 1.54) is 0 Å². The van der Waals surface area contributed by atoms with Gasteiger partial charge in [-0.25, -0.2) is 4.98 Å². The number of aliphatic hydroxyl groups excluding tert-OH is 1. The first-order chi connectivity index (χ1) is 6.14. The second-order valence-electron chi connectivity index (χ2n) is 3.27. The fourth-order valence-corrected chi connectivity index (χ4v) is 1.60. The molecule has 72 valence electrons. The van der Waals surface area contributed by atoms with Crippen LogP contribution in [0.1, 0.15) is 6.92 Å². The van der Waals surface area contributed by atoms with Crippen LogP contribution in [0.25, 0.3) is 0 Å². The molecule has 1 heterocycles. The minimum atomic E-state index is -0.526. The Hall–Kier alpha value is -0.580. The summed E-state index contributed by atoms with van der Waals surface area (Å²) in [5, 5.41) is 9.85. The van der Waals surface area contributed by atoms with Crippen LogP contribution < -0.4 is 5.73 Å². The van der Waals surface area contributed by atoms with Crippen LogP contribution in [0.3, 0.4) is 0 Å². The summed E-state index contributed by atoms with van der Waals surface area (Å²) < 4.78 is 0. The van der Waals surface area contributed by atoms with Gasteiger partial charge in [0.2, 0.25) is 0 Å². The summed E-state index contributed by atoms with van der Waals surface area (Å²) in [6, 6.07) is 5.73. The van der Waals surface area contributed by atoms with Crippen molar-refractivity contribution in [2.45, 2.75) is 17.5 Å². The predicted octanol–water partition coefficient (Wildman–Crippen LogP) is 0.883. The molecule has 4 heteroatoms. The van der Waals surface area contributed by atoms with E-state index in [1.807, 2.05) is 25.1 Å². The average Bonchev–Trinajstić information content (AvgIpc) is 2.17. The van der Waals surface area contributed by atoms with Crippen LogP contribution in [0.5, 0.6) is 0 Å². The van der Waals surface area contributed by atoms with Crippen molar-refractivity contribution >= 4 is 11.8 Å². The van der Waals surface area contributed by atoms with Crippen molar-refractivity contribution in [1.82, 2.24) is 4.98 Å². The summed E-state index contributed by atoms with van der Waals surface area (Å²) in [7, 11) is 0. The van der Waals surface area contributed by atoms with Gasteiger partial charge in [0, 0.05) is 17.5 Å². The van der Waals surface area contributed by atoms with Crippen LogP contribution >= 0.6 is 11.8 Å². The van der Waals surface area contributed by atoms with E-state index in [-0.39, 0.29) is 6.61 Å². The lowest BCUT2D eigenvalue weighted by Crippen LogP contribution is -2.42. The molecule has 3 N–H and O–H groups in total. The number of nitrogens with two attached hydrogens (primary N) is 1. The molecule has 1 aromatic heterocycles. The lowest BCUT2D eigenvalue weighted by molar-refractivity contribution is 0.224. The molecule has 0 aliphatic rings. The minimum absolute atomic E-state index is 0.00711. The molecule has 0 radical (unpaired) electrons. The van der Waals surface area contributed by atoms with Crippen molar-refractivity contribution in [2.24, 2.45) is 5.73 Å². The summed E-state index contributed by atoms with van der Waals surface area (Å²) in [5.41, 5.74) is 5.24. The fourth-order valence-electron chi connectivity index (χ4n) is 0.717. The van der Waals surface area contributed by atoms with Gasteiger partial charge in [0.25, 0.3) is 0 Å². The van der Waals surface area contributed by atoms with Crippen molar-refractivity contribution < 1.29 is 5.11 Å². The van der Waals surface area contributed by atoms with E-state index in [4.69, 9.17) is 10.8 Å². The van der Waals surface area contributed by atoms with Gasteiger partial charge in [-0.15, -0.1) is 11.8 Å². The van der Waals surface area contributed by atoms with Crippen molar-refractivity contribution in [3.05, 3.63) is 24.4 Å². The zero-order valence-corrected chi connectivity index (χ0v) is 8.42. The molecule has 0 saturated heterocycles. The van der Waals surface area contributed by atoms with Crippen molar-refractivity contribution in [2.75, 3.05) is 12.4 Å². The summed E-state index contributed by atoms with van der Waals surface area (Å²) >= 11 is 1.56. The second-order valence-corrected chi connectivity index (χ2v) is 4.26. The molecule has 0 aliphatic carbocycles. The third kappa shape index (κ3) is 3.76. The topological polar surface area (TPSA) is 59.1 Å². The molecule has 1 aromatic rings. The third-order valence-electron chi connectivity index (χ3n) is 1.55. The van der Waals surface area contributed by atoms with Gasteiger partial charge >= 0.3 is 0 Å². The normalized spacial score (nSPS) is 15.3. The SMILES string of the molecule is CC(N)(CO)CSc1ccccn1. The number of pyridine rings is 1. The zero-order chi connectivity index (χ0) is 9.73. The number of aromatic nitrogens is 1. The van der Waals surface area contributed by atoms with E-state index in [9.17, 15) is 0 Å². The number of hydrogen-bond acceptors (Lipinski definition) is 4. The Bertz CT molecular complexity index is 251. The Morgan fingerprint density at radius 1 is 1.62 bits per heavy atom. The Morgan fingerprint density at radius 3 is 2.92 bits per heavy atom. The van der Waals surface area contributed by atoms with Gasteiger partial charge in [-0.3, -0.25) is 0 Å². The maximum atomic E-state index is 8.91. The molecular weight excluding hydrogens is 184 g/mol. The standard InChI is InChI=1S/C9H14N2OS/c1-9(10,6-12)7-13-8-4-2-3-5-11-8/h2-5,12H,6-7,10H2,1H3. The third-order valence-corrected chi connectivity index (χ3v) is 2.89. The summed E-state index contributed by atoms with van der Waals surface area (Å²) in [6.45, 7) is 1.82. The van der Waals surface area contributed by atoms with E-state index in [0.717, 1.165) is 5.03 Å². The molecule has 1 atom stereocenters. The number of aliphatic hydroxyl groups is 1. The van der Waals surface area contributed by atoms with Crippen LogP contribution in [0.4, 0.5) is 0 Å². The van der Waals surface area contributed by atoms with Crippen molar-refractivity contribution in [1.29, 1.82) is 0 Å². The smallest absolute Gasteiger partial charge is 0.0960 e. The molecule has 1 unspecified atom stereocenters. The second kappa shape index (κ2) is 4.60. The van der Waals surface area contributed by atoms with Crippen molar-refractivity contribution in [3.63, 3.8) is 0 Å². The quantitative estimate of drug-likeness (QED) is 0.705.